The van der Waals surface area contributed by atoms with Crippen LogP contribution in [0.15, 0.2) is 18.7 Å². The van der Waals surface area contributed by atoms with E-state index in [9.17, 15) is 0 Å². The molecule has 2 rings (SSSR count). The fraction of sp³-hybridized carbons (Fsp3) is 0.500. The molecule has 0 bridgehead atoms. The van der Waals surface area contributed by atoms with Gasteiger partial charge in [0.25, 0.3) is 0 Å². The van der Waals surface area contributed by atoms with Crippen LogP contribution in [0.4, 0.5) is 5.82 Å². The molecule has 16 heavy (non-hydrogen) atoms. The lowest BCUT2D eigenvalue weighted by Gasteiger charge is -2.08. The molecule has 0 fully saturated rings. The summed E-state index contributed by atoms with van der Waals surface area (Å²) in [6.45, 7) is 5.38. The number of nitrogens with one attached hydrogen (secondary N) is 1. The van der Waals surface area contributed by atoms with E-state index < -0.39 is 0 Å². The van der Waals surface area contributed by atoms with Gasteiger partial charge in [0.05, 0.1) is 12.7 Å². The number of ether oxygens (including phenoxy) is 1. The zero-order valence-electron chi connectivity index (χ0n) is 9.42. The van der Waals surface area contributed by atoms with Gasteiger partial charge in [0.1, 0.15) is 6.33 Å². The maximum absolute atomic E-state index is 5.42. The molecule has 0 saturated heterocycles. The molecule has 0 amide bonds. The van der Waals surface area contributed by atoms with E-state index >= 15 is 0 Å². The third-order valence-corrected chi connectivity index (χ3v) is 2.06. The molecular weight excluding hydrogens is 206 g/mol. The van der Waals surface area contributed by atoms with Gasteiger partial charge in [-0.15, -0.1) is 10.2 Å². The van der Waals surface area contributed by atoms with Crippen LogP contribution in [0.2, 0.25) is 0 Å². The Balaban J connectivity index is 1.96. The lowest BCUT2D eigenvalue weighted by atomic mass is 10.5. The largest absolute Gasteiger partial charge is 0.377 e. The molecule has 2 heterocycles. The van der Waals surface area contributed by atoms with Crippen LogP contribution in [-0.2, 0) is 4.74 Å². The van der Waals surface area contributed by atoms with E-state index in [0.29, 0.717) is 13.2 Å². The van der Waals surface area contributed by atoms with Gasteiger partial charge in [0.2, 0.25) is 5.65 Å². The first kappa shape index (κ1) is 10.8. The van der Waals surface area contributed by atoms with Crippen LogP contribution in [0.1, 0.15) is 13.8 Å². The Kier molecular flexibility index (Phi) is 3.31. The van der Waals surface area contributed by atoms with Gasteiger partial charge in [-0.25, -0.2) is 4.98 Å². The van der Waals surface area contributed by atoms with Crippen molar-refractivity contribution >= 4 is 11.5 Å². The van der Waals surface area contributed by atoms with Crippen molar-refractivity contribution in [3.8, 4) is 0 Å². The Labute approximate surface area is 93.7 Å². The number of hydrogen-bond donors (Lipinski definition) is 1. The predicted octanol–water partition coefficient (Wildman–Crippen LogP) is 0.961. The third kappa shape index (κ3) is 2.46. The van der Waals surface area contributed by atoms with Crippen molar-refractivity contribution in [3.63, 3.8) is 0 Å². The Hall–Kier alpha value is -1.69. The van der Waals surface area contributed by atoms with Crippen molar-refractivity contribution in [3.05, 3.63) is 18.7 Å². The highest BCUT2D eigenvalue weighted by molar-refractivity contribution is 5.61. The molecule has 6 nitrogen and oxygen atoms in total. The Bertz CT molecular complexity index is 453. The number of anilines is 1. The summed E-state index contributed by atoms with van der Waals surface area (Å²) < 4.78 is 7.24. The average Bonchev–Trinajstić information content (AvgIpc) is 2.72. The summed E-state index contributed by atoms with van der Waals surface area (Å²) in [6.07, 6.45) is 5.42. The third-order valence-electron chi connectivity index (χ3n) is 2.06. The minimum atomic E-state index is 0.249. The van der Waals surface area contributed by atoms with E-state index in [1.165, 1.54) is 0 Å². The smallest absolute Gasteiger partial charge is 0.203 e. The summed E-state index contributed by atoms with van der Waals surface area (Å²) >= 11 is 0. The monoisotopic (exact) mass is 221 g/mol. The number of fused-ring (bicyclic) bond motifs is 1. The van der Waals surface area contributed by atoms with Gasteiger partial charge in [-0.05, 0) is 13.8 Å². The average molecular weight is 221 g/mol. The van der Waals surface area contributed by atoms with E-state index in [4.69, 9.17) is 4.74 Å². The first-order valence-electron chi connectivity index (χ1n) is 5.27. The van der Waals surface area contributed by atoms with E-state index in [-0.39, 0.29) is 6.10 Å². The van der Waals surface area contributed by atoms with Gasteiger partial charge in [-0.1, -0.05) is 0 Å². The van der Waals surface area contributed by atoms with Crippen molar-refractivity contribution in [1.82, 2.24) is 19.6 Å². The van der Waals surface area contributed by atoms with Gasteiger partial charge in [0.15, 0.2) is 5.82 Å². The molecular formula is C10H15N5O. The van der Waals surface area contributed by atoms with Crippen molar-refractivity contribution in [2.45, 2.75) is 20.0 Å². The lowest BCUT2D eigenvalue weighted by Crippen LogP contribution is -2.14. The highest BCUT2D eigenvalue weighted by Crippen LogP contribution is 2.08. The second-order valence-corrected chi connectivity index (χ2v) is 3.68. The Morgan fingerprint density at radius 1 is 1.50 bits per heavy atom. The molecule has 2 aromatic heterocycles. The van der Waals surface area contributed by atoms with Crippen LogP contribution < -0.4 is 5.32 Å². The number of rotatable bonds is 5. The maximum atomic E-state index is 5.42. The summed E-state index contributed by atoms with van der Waals surface area (Å²) in [4.78, 5) is 4.21. The molecule has 86 valence electrons. The highest BCUT2D eigenvalue weighted by atomic mass is 16.5. The van der Waals surface area contributed by atoms with Gasteiger partial charge in [-0.2, -0.15) is 0 Å². The highest BCUT2D eigenvalue weighted by Gasteiger charge is 2.03. The Morgan fingerprint density at radius 3 is 3.19 bits per heavy atom. The molecule has 2 aromatic rings. The van der Waals surface area contributed by atoms with Crippen molar-refractivity contribution in [2.75, 3.05) is 18.5 Å². The molecule has 0 aromatic carbocycles. The number of hydrogen-bond acceptors (Lipinski definition) is 5. The van der Waals surface area contributed by atoms with Gasteiger partial charge in [-0.3, -0.25) is 4.40 Å². The van der Waals surface area contributed by atoms with E-state index in [2.05, 4.69) is 20.5 Å². The zero-order valence-corrected chi connectivity index (χ0v) is 9.42. The minimum absolute atomic E-state index is 0.249. The van der Waals surface area contributed by atoms with Gasteiger partial charge in [0, 0.05) is 18.9 Å². The van der Waals surface area contributed by atoms with Crippen LogP contribution >= 0.6 is 0 Å². The predicted molar refractivity (Wildman–Crippen MR) is 60.4 cm³/mol. The SMILES string of the molecule is CC(C)OCCNc1nccn2cnnc12. The maximum Gasteiger partial charge on any atom is 0.203 e. The molecule has 0 saturated carbocycles. The summed E-state index contributed by atoms with van der Waals surface area (Å²) in [5.41, 5.74) is 0.729. The molecule has 0 unspecified atom stereocenters. The first-order chi connectivity index (χ1) is 7.77. The first-order valence-corrected chi connectivity index (χ1v) is 5.27. The molecule has 0 radical (unpaired) electrons. The topological polar surface area (TPSA) is 64.3 Å². The zero-order chi connectivity index (χ0) is 11.4. The van der Waals surface area contributed by atoms with Crippen LogP contribution in [0.3, 0.4) is 0 Å². The molecule has 6 heteroatoms. The second-order valence-electron chi connectivity index (χ2n) is 3.68. The Morgan fingerprint density at radius 2 is 2.38 bits per heavy atom. The van der Waals surface area contributed by atoms with Crippen LogP contribution in [-0.4, -0.2) is 38.8 Å². The summed E-state index contributed by atoms with van der Waals surface area (Å²) in [7, 11) is 0. The van der Waals surface area contributed by atoms with Crippen LogP contribution in [0.25, 0.3) is 5.65 Å². The normalized spacial score (nSPS) is 11.2. The summed E-state index contributed by atoms with van der Waals surface area (Å²) in [5, 5.41) is 11.0. The lowest BCUT2D eigenvalue weighted by molar-refractivity contribution is 0.0870. The fourth-order valence-electron chi connectivity index (χ4n) is 1.35. The molecule has 0 atom stereocenters. The van der Waals surface area contributed by atoms with E-state index in [0.717, 1.165) is 11.5 Å². The molecule has 0 aliphatic rings. The van der Waals surface area contributed by atoms with Crippen LogP contribution in [0.5, 0.6) is 0 Å². The summed E-state index contributed by atoms with van der Waals surface area (Å²) in [5.74, 6) is 0.729. The van der Waals surface area contributed by atoms with Gasteiger partial charge >= 0.3 is 0 Å². The second kappa shape index (κ2) is 4.89. The molecule has 0 aliphatic carbocycles. The summed E-state index contributed by atoms with van der Waals surface area (Å²) in [6, 6.07) is 0. The minimum Gasteiger partial charge on any atom is -0.377 e. The number of nitrogens with zero attached hydrogens (tertiary/aromatic N) is 4. The quantitative estimate of drug-likeness (QED) is 0.762. The van der Waals surface area contributed by atoms with Crippen molar-refractivity contribution in [2.24, 2.45) is 0 Å². The molecule has 1 N–H and O–H groups in total. The molecule has 0 aliphatic heterocycles. The van der Waals surface area contributed by atoms with Gasteiger partial charge < -0.3 is 10.1 Å². The van der Waals surface area contributed by atoms with E-state index in [1.54, 1.807) is 12.5 Å². The van der Waals surface area contributed by atoms with Crippen LogP contribution in [0, 0.1) is 0 Å². The number of aromatic nitrogens is 4. The fourth-order valence-corrected chi connectivity index (χ4v) is 1.35. The van der Waals surface area contributed by atoms with Crippen molar-refractivity contribution < 1.29 is 4.74 Å². The van der Waals surface area contributed by atoms with Crippen molar-refractivity contribution in [1.29, 1.82) is 0 Å². The van der Waals surface area contributed by atoms with E-state index in [1.807, 2.05) is 24.4 Å². The molecule has 0 spiro atoms. The standard InChI is InChI=1S/C10H15N5O/c1-8(2)16-6-4-12-9-10-14-13-7-15(10)5-3-11-9/h3,5,7-8H,4,6H2,1-2H3,(H,11,12).